The van der Waals surface area contributed by atoms with Crippen molar-refractivity contribution in [2.24, 2.45) is 11.8 Å². The van der Waals surface area contributed by atoms with E-state index in [0.29, 0.717) is 27.7 Å². The number of para-hydroxylation sites is 2. The van der Waals surface area contributed by atoms with Gasteiger partial charge in [-0.15, -0.1) is 22.0 Å². The van der Waals surface area contributed by atoms with Crippen LogP contribution in [-0.4, -0.2) is 37.0 Å². The molecule has 1 N–H and O–H groups in total. The Bertz CT molecular complexity index is 911. The maximum absolute atomic E-state index is 13.3. The molecule has 2 heterocycles. The van der Waals surface area contributed by atoms with Gasteiger partial charge < -0.3 is 5.11 Å². The van der Waals surface area contributed by atoms with Crippen molar-refractivity contribution < 1.29 is 18.3 Å². The fraction of sp³-hybridized carbons (Fsp3) is 0.400. The number of benzene rings is 1. The molecule has 1 saturated carbocycles. The zero-order valence-electron chi connectivity index (χ0n) is 12.4. The molecule has 126 valence electrons. The average molecular weight is 354 g/mol. The van der Waals surface area contributed by atoms with Crippen LogP contribution in [0.25, 0.3) is 16.7 Å². The summed E-state index contributed by atoms with van der Waals surface area (Å²) in [7, 11) is 0. The molecule has 1 aromatic carbocycles. The van der Waals surface area contributed by atoms with Gasteiger partial charge in [0.2, 0.25) is 5.82 Å². The van der Waals surface area contributed by atoms with E-state index in [9.17, 15) is 13.2 Å². The van der Waals surface area contributed by atoms with Crippen LogP contribution in [0.15, 0.2) is 29.3 Å². The van der Waals surface area contributed by atoms with Crippen LogP contribution in [0.1, 0.15) is 12.2 Å². The molecule has 0 unspecified atom stereocenters. The second-order valence-electron chi connectivity index (χ2n) is 5.84. The zero-order chi connectivity index (χ0) is 16.9. The van der Waals surface area contributed by atoms with E-state index in [1.165, 1.54) is 11.8 Å². The fourth-order valence-corrected chi connectivity index (χ4v) is 3.97. The normalized spacial score (nSPS) is 20.8. The summed E-state index contributed by atoms with van der Waals surface area (Å²) in [6, 6.07) is 6.64. The molecule has 0 bridgehead atoms. The van der Waals surface area contributed by atoms with Crippen LogP contribution in [0.3, 0.4) is 0 Å². The summed E-state index contributed by atoms with van der Waals surface area (Å²) < 4.78 is 40.8. The van der Waals surface area contributed by atoms with Crippen LogP contribution in [0, 0.1) is 11.8 Å². The summed E-state index contributed by atoms with van der Waals surface area (Å²) in [4.78, 5) is 4.46. The molecule has 4 rings (SSSR count). The Kier molecular flexibility index (Phi) is 3.65. The number of hydrogen-bond acceptors (Lipinski definition) is 5. The summed E-state index contributed by atoms with van der Waals surface area (Å²) in [5.74, 6) is 0.314. The first-order chi connectivity index (χ1) is 11.5. The Labute approximate surface area is 138 Å². The standard InChI is InChI=1S/C15H13F3N4OS/c16-15(17,18)14-21-20-12-13(24-7-9-5-8(9)6-23)19-10-3-1-2-4-11(10)22(12)14/h1-4,8-9,23H,5-7H2/t8-,9+/m1/s1. The molecule has 0 radical (unpaired) electrons. The van der Waals surface area contributed by atoms with E-state index in [0.717, 1.165) is 10.8 Å². The molecule has 5 nitrogen and oxygen atoms in total. The van der Waals surface area contributed by atoms with Crippen molar-refractivity contribution in [3.05, 3.63) is 30.1 Å². The van der Waals surface area contributed by atoms with Crippen molar-refractivity contribution in [2.45, 2.75) is 17.6 Å². The molecule has 0 amide bonds. The van der Waals surface area contributed by atoms with Crippen molar-refractivity contribution in [1.82, 2.24) is 19.6 Å². The van der Waals surface area contributed by atoms with Gasteiger partial charge in [-0.3, -0.25) is 4.40 Å². The Morgan fingerprint density at radius 1 is 1.21 bits per heavy atom. The minimum atomic E-state index is -4.59. The van der Waals surface area contributed by atoms with Gasteiger partial charge in [0.1, 0.15) is 5.03 Å². The van der Waals surface area contributed by atoms with Gasteiger partial charge in [-0.05, 0) is 30.4 Å². The number of aromatic nitrogens is 4. The Balaban J connectivity index is 1.82. The number of fused-ring (bicyclic) bond motifs is 3. The number of rotatable bonds is 4. The molecule has 1 aliphatic carbocycles. The highest BCUT2D eigenvalue weighted by Crippen LogP contribution is 2.42. The first-order valence-electron chi connectivity index (χ1n) is 7.43. The first-order valence-corrected chi connectivity index (χ1v) is 8.42. The molecule has 1 aliphatic rings. The van der Waals surface area contributed by atoms with Gasteiger partial charge in [0.05, 0.1) is 11.0 Å². The lowest BCUT2D eigenvalue weighted by molar-refractivity contribution is -0.145. The molecule has 0 aliphatic heterocycles. The third-order valence-electron chi connectivity index (χ3n) is 4.19. The molecule has 0 saturated heterocycles. The summed E-state index contributed by atoms with van der Waals surface area (Å²) in [6.45, 7) is 0.148. The van der Waals surface area contributed by atoms with Crippen molar-refractivity contribution >= 4 is 28.4 Å². The van der Waals surface area contributed by atoms with Crippen molar-refractivity contribution in [3.8, 4) is 0 Å². The largest absolute Gasteiger partial charge is 0.452 e. The maximum atomic E-state index is 13.3. The molecule has 2 aromatic heterocycles. The van der Waals surface area contributed by atoms with E-state index >= 15 is 0 Å². The number of nitrogens with zero attached hydrogens (tertiary/aromatic N) is 4. The third-order valence-corrected chi connectivity index (χ3v) is 5.33. The van der Waals surface area contributed by atoms with Crippen LogP contribution in [0.2, 0.25) is 0 Å². The van der Waals surface area contributed by atoms with Gasteiger partial charge in [-0.2, -0.15) is 13.2 Å². The highest BCUT2D eigenvalue weighted by atomic mass is 32.2. The predicted molar refractivity (Wildman–Crippen MR) is 82.7 cm³/mol. The number of hydrogen-bond donors (Lipinski definition) is 1. The second-order valence-corrected chi connectivity index (χ2v) is 6.84. The van der Waals surface area contributed by atoms with Gasteiger partial charge in [-0.1, -0.05) is 12.1 Å². The highest BCUT2D eigenvalue weighted by Gasteiger charge is 2.39. The van der Waals surface area contributed by atoms with Crippen LogP contribution in [-0.2, 0) is 6.18 Å². The smallest absolute Gasteiger partial charge is 0.396 e. The lowest BCUT2D eigenvalue weighted by Crippen LogP contribution is -2.11. The van der Waals surface area contributed by atoms with Crippen LogP contribution < -0.4 is 0 Å². The van der Waals surface area contributed by atoms with Crippen molar-refractivity contribution in [2.75, 3.05) is 12.4 Å². The van der Waals surface area contributed by atoms with Crippen LogP contribution >= 0.6 is 11.8 Å². The van der Waals surface area contributed by atoms with E-state index in [-0.39, 0.29) is 18.2 Å². The average Bonchev–Trinajstić information content (AvgIpc) is 3.16. The van der Waals surface area contributed by atoms with E-state index < -0.39 is 12.0 Å². The van der Waals surface area contributed by atoms with E-state index in [4.69, 9.17) is 5.11 Å². The third kappa shape index (κ3) is 2.61. The van der Waals surface area contributed by atoms with Gasteiger partial charge in [0.15, 0.2) is 5.65 Å². The molecule has 2 atom stereocenters. The topological polar surface area (TPSA) is 63.3 Å². The number of aliphatic hydroxyl groups excluding tert-OH is 1. The summed E-state index contributed by atoms with van der Waals surface area (Å²) >= 11 is 1.37. The molecular formula is C15H13F3N4OS. The maximum Gasteiger partial charge on any atom is 0.452 e. The number of thioether (sulfide) groups is 1. The molecule has 24 heavy (non-hydrogen) atoms. The minimum absolute atomic E-state index is 0.118. The van der Waals surface area contributed by atoms with Crippen LogP contribution in [0.5, 0.6) is 0 Å². The molecule has 9 heteroatoms. The van der Waals surface area contributed by atoms with Crippen molar-refractivity contribution in [1.29, 1.82) is 0 Å². The molecule has 1 fully saturated rings. The molecule has 0 spiro atoms. The Morgan fingerprint density at radius 2 is 2.00 bits per heavy atom. The first kappa shape index (κ1) is 15.6. The molecule has 3 aromatic rings. The monoisotopic (exact) mass is 354 g/mol. The second kappa shape index (κ2) is 5.59. The van der Waals surface area contributed by atoms with Crippen LogP contribution in [0.4, 0.5) is 13.2 Å². The Morgan fingerprint density at radius 3 is 2.71 bits per heavy atom. The minimum Gasteiger partial charge on any atom is -0.396 e. The van der Waals surface area contributed by atoms with Gasteiger partial charge in [0, 0.05) is 12.4 Å². The Hall–Kier alpha value is -1.87. The number of aliphatic hydroxyl groups is 1. The molecular weight excluding hydrogens is 341 g/mol. The lowest BCUT2D eigenvalue weighted by Gasteiger charge is -2.09. The SMILES string of the molecule is OC[C@H]1C[C@H]1CSc1nc2ccccc2n2c(C(F)(F)F)nnc12. The quantitative estimate of drug-likeness (QED) is 0.730. The van der Waals surface area contributed by atoms with Gasteiger partial charge in [0.25, 0.3) is 0 Å². The fourth-order valence-electron chi connectivity index (χ4n) is 2.76. The highest BCUT2D eigenvalue weighted by molar-refractivity contribution is 7.99. The predicted octanol–water partition coefficient (Wildman–Crippen LogP) is 3.02. The summed E-state index contributed by atoms with van der Waals surface area (Å²) in [5, 5.41) is 16.6. The lowest BCUT2D eigenvalue weighted by atomic mass is 10.3. The zero-order valence-corrected chi connectivity index (χ0v) is 13.2. The van der Waals surface area contributed by atoms with Gasteiger partial charge in [-0.25, -0.2) is 4.98 Å². The summed E-state index contributed by atoms with van der Waals surface area (Å²) in [5.41, 5.74) is 0.911. The van der Waals surface area contributed by atoms with Crippen molar-refractivity contribution in [3.63, 3.8) is 0 Å². The van der Waals surface area contributed by atoms with E-state index in [1.54, 1.807) is 24.3 Å². The van der Waals surface area contributed by atoms with Gasteiger partial charge >= 0.3 is 6.18 Å². The van der Waals surface area contributed by atoms with E-state index in [1.807, 2.05) is 0 Å². The van der Waals surface area contributed by atoms with E-state index in [2.05, 4.69) is 15.2 Å². The number of halogens is 3. The summed E-state index contributed by atoms with van der Waals surface area (Å²) in [6.07, 6.45) is -3.65. The number of alkyl halides is 3.